The number of carbonyl (C=O) groups excluding carboxylic acids is 2. The molecule has 2 aromatic rings. The van der Waals surface area contributed by atoms with Gasteiger partial charge >= 0.3 is 0 Å². The SMILES string of the molecule is COc1ccc(CN2C(=O)[C@@]3(CC3(C)C)N(Cc3ccc(OC)cc3)C(=O)[C@@H]2C(C)C)cc1. The summed E-state index contributed by atoms with van der Waals surface area (Å²) in [6.45, 7) is 9.01. The van der Waals surface area contributed by atoms with Crippen molar-refractivity contribution in [3.8, 4) is 11.5 Å². The van der Waals surface area contributed by atoms with Crippen LogP contribution in [-0.4, -0.2) is 47.4 Å². The Morgan fingerprint density at radius 2 is 1.33 bits per heavy atom. The molecule has 6 nitrogen and oxygen atoms in total. The van der Waals surface area contributed by atoms with E-state index in [-0.39, 0.29) is 23.1 Å². The lowest BCUT2D eigenvalue weighted by molar-refractivity contribution is -0.169. The Kier molecular flexibility index (Phi) is 5.89. The minimum absolute atomic E-state index is 0.00252. The van der Waals surface area contributed by atoms with Gasteiger partial charge in [-0.25, -0.2) is 0 Å². The first-order valence-corrected chi connectivity index (χ1v) is 11.5. The van der Waals surface area contributed by atoms with E-state index in [2.05, 4.69) is 13.8 Å². The van der Waals surface area contributed by atoms with E-state index in [1.807, 2.05) is 72.2 Å². The second-order valence-corrected chi connectivity index (χ2v) is 10.2. The Balaban J connectivity index is 1.68. The molecule has 1 aliphatic heterocycles. The zero-order valence-corrected chi connectivity index (χ0v) is 20.4. The van der Waals surface area contributed by atoms with Crippen molar-refractivity contribution in [2.24, 2.45) is 11.3 Å². The van der Waals surface area contributed by atoms with Crippen molar-refractivity contribution in [2.45, 2.75) is 58.8 Å². The molecule has 0 aromatic heterocycles. The highest BCUT2D eigenvalue weighted by Crippen LogP contribution is 2.62. The van der Waals surface area contributed by atoms with Gasteiger partial charge in [0.2, 0.25) is 11.8 Å². The lowest BCUT2D eigenvalue weighted by atomic mass is 9.89. The molecule has 1 aliphatic carbocycles. The number of hydrogen-bond donors (Lipinski definition) is 0. The number of amides is 2. The van der Waals surface area contributed by atoms with Crippen molar-refractivity contribution in [3.63, 3.8) is 0 Å². The molecule has 2 amide bonds. The van der Waals surface area contributed by atoms with Crippen LogP contribution >= 0.6 is 0 Å². The summed E-state index contributed by atoms with van der Waals surface area (Å²) in [6.07, 6.45) is 0.671. The van der Waals surface area contributed by atoms with Crippen LogP contribution in [-0.2, 0) is 22.7 Å². The van der Waals surface area contributed by atoms with Crippen molar-refractivity contribution < 1.29 is 19.1 Å². The van der Waals surface area contributed by atoms with E-state index >= 15 is 0 Å². The first kappa shape index (κ1) is 23.1. The molecule has 2 aliphatic rings. The number of hydrogen-bond acceptors (Lipinski definition) is 4. The Morgan fingerprint density at radius 3 is 1.73 bits per heavy atom. The predicted octanol–water partition coefficient (Wildman–Crippen LogP) is 4.27. The van der Waals surface area contributed by atoms with Crippen LogP contribution in [0.2, 0.25) is 0 Å². The lowest BCUT2D eigenvalue weighted by Gasteiger charge is -2.48. The smallest absolute Gasteiger partial charge is 0.250 e. The zero-order chi connectivity index (χ0) is 24.0. The largest absolute Gasteiger partial charge is 0.497 e. The fraction of sp³-hybridized carbons (Fsp3) is 0.481. The van der Waals surface area contributed by atoms with Gasteiger partial charge in [0.25, 0.3) is 0 Å². The molecular formula is C27H34N2O4. The summed E-state index contributed by atoms with van der Waals surface area (Å²) < 4.78 is 10.5. The third-order valence-electron chi connectivity index (χ3n) is 7.27. The third kappa shape index (κ3) is 3.85. The van der Waals surface area contributed by atoms with Crippen molar-refractivity contribution in [3.05, 3.63) is 59.7 Å². The van der Waals surface area contributed by atoms with Crippen molar-refractivity contribution >= 4 is 11.8 Å². The predicted molar refractivity (Wildman–Crippen MR) is 127 cm³/mol. The fourth-order valence-electron chi connectivity index (χ4n) is 5.25. The highest BCUT2D eigenvalue weighted by molar-refractivity contribution is 6.03. The van der Waals surface area contributed by atoms with Crippen molar-refractivity contribution in [2.75, 3.05) is 14.2 Å². The maximum atomic E-state index is 14.1. The molecule has 0 radical (unpaired) electrons. The fourth-order valence-corrected chi connectivity index (χ4v) is 5.25. The molecule has 4 rings (SSSR count). The Morgan fingerprint density at radius 1 is 0.879 bits per heavy atom. The highest BCUT2D eigenvalue weighted by atomic mass is 16.5. The molecule has 2 fully saturated rings. The van der Waals surface area contributed by atoms with Gasteiger partial charge in [0.1, 0.15) is 23.1 Å². The van der Waals surface area contributed by atoms with Gasteiger partial charge in [-0.2, -0.15) is 0 Å². The lowest BCUT2D eigenvalue weighted by Crippen LogP contribution is -2.68. The molecule has 33 heavy (non-hydrogen) atoms. The number of benzene rings is 2. The van der Waals surface area contributed by atoms with Crippen LogP contribution in [0.5, 0.6) is 11.5 Å². The summed E-state index contributed by atoms with van der Waals surface area (Å²) in [4.78, 5) is 31.7. The molecule has 176 valence electrons. The molecule has 0 bridgehead atoms. The Bertz CT molecular complexity index is 1030. The maximum absolute atomic E-state index is 14.1. The van der Waals surface area contributed by atoms with Crippen LogP contribution in [0.1, 0.15) is 45.2 Å². The topological polar surface area (TPSA) is 59.1 Å². The van der Waals surface area contributed by atoms with E-state index in [0.29, 0.717) is 19.5 Å². The quantitative estimate of drug-likeness (QED) is 0.632. The van der Waals surface area contributed by atoms with Gasteiger partial charge in [-0.1, -0.05) is 52.0 Å². The molecule has 0 N–H and O–H groups in total. The van der Waals surface area contributed by atoms with E-state index in [0.717, 1.165) is 22.6 Å². The van der Waals surface area contributed by atoms with Gasteiger partial charge in [0, 0.05) is 13.1 Å². The molecule has 2 aromatic carbocycles. The number of ether oxygens (including phenoxy) is 2. The van der Waals surface area contributed by atoms with Crippen LogP contribution < -0.4 is 9.47 Å². The van der Waals surface area contributed by atoms with Crippen LogP contribution in [0.4, 0.5) is 0 Å². The van der Waals surface area contributed by atoms with Gasteiger partial charge in [-0.15, -0.1) is 0 Å². The van der Waals surface area contributed by atoms with Gasteiger partial charge in [0.15, 0.2) is 0 Å². The second-order valence-electron chi connectivity index (χ2n) is 10.2. The first-order chi connectivity index (χ1) is 15.6. The molecular weight excluding hydrogens is 416 g/mol. The van der Waals surface area contributed by atoms with Gasteiger partial charge in [-0.05, 0) is 53.1 Å². The normalized spacial score (nSPS) is 23.9. The van der Waals surface area contributed by atoms with E-state index in [4.69, 9.17) is 9.47 Å². The summed E-state index contributed by atoms with van der Waals surface area (Å²) in [5.74, 6) is 1.62. The number of nitrogens with zero attached hydrogens (tertiary/aromatic N) is 2. The van der Waals surface area contributed by atoms with Crippen LogP contribution in [0, 0.1) is 11.3 Å². The summed E-state index contributed by atoms with van der Waals surface area (Å²) >= 11 is 0. The summed E-state index contributed by atoms with van der Waals surface area (Å²) in [5, 5.41) is 0. The van der Waals surface area contributed by atoms with E-state index in [1.54, 1.807) is 14.2 Å². The summed E-state index contributed by atoms with van der Waals surface area (Å²) in [6, 6.07) is 14.9. The van der Waals surface area contributed by atoms with Crippen molar-refractivity contribution in [1.29, 1.82) is 0 Å². The molecule has 1 saturated heterocycles. The highest BCUT2D eigenvalue weighted by Gasteiger charge is 2.74. The number of rotatable bonds is 7. The maximum Gasteiger partial charge on any atom is 0.250 e. The van der Waals surface area contributed by atoms with Gasteiger partial charge < -0.3 is 19.3 Å². The van der Waals surface area contributed by atoms with Crippen LogP contribution in [0.25, 0.3) is 0 Å². The molecule has 6 heteroatoms. The van der Waals surface area contributed by atoms with Crippen LogP contribution in [0.3, 0.4) is 0 Å². The minimum atomic E-state index is -0.804. The average molecular weight is 451 g/mol. The second kappa shape index (κ2) is 8.40. The van der Waals surface area contributed by atoms with Crippen LogP contribution in [0.15, 0.2) is 48.5 Å². The first-order valence-electron chi connectivity index (χ1n) is 11.5. The molecule has 0 unspecified atom stereocenters. The number of methoxy groups -OCH3 is 2. The van der Waals surface area contributed by atoms with E-state index in [9.17, 15) is 9.59 Å². The molecule has 1 saturated carbocycles. The van der Waals surface area contributed by atoms with Gasteiger partial charge in [0.05, 0.1) is 14.2 Å². The molecule has 1 spiro atoms. The molecule has 1 heterocycles. The summed E-state index contributed by atoms with van der Waals surface area (Å²) in [7, 11) is 3.27. The van der Waals surface area contributed by atoms with E-state index < -0.39 is 11.6 Å². The standard InChI is InChI=1S/C27H34N2O4/c1-18(2)23-24(30)29(16-20-9-13-22(33-6)14-10-20)27(17-26(27,3)4)25(31)28(23)15-19-7-11-21(32-5)12-8-19/h7-14,18,23H,15-17H2,1-6H3/t23-,27+/m0/s1. The van der Waals surface area contributed by atoms with Gasteiger partial charge in [-0.3, -0.25) is 9.59 Å². The summed E-state index contributed by atoms with van der Waals surface area (Å²) in [5.41, 5.74) is 0.902. The Labute approximate surface area is 196 Å². The van der Waals surface area contributed by atoms with E-state index in [1.165, 1.54) is 0 Å². The zero-order valence-electron chi connectivity index (χ0n) is 20.4. The number of piperazine rings is 1. The Hall–Kier alpha value is -3.02. The minimum Gasteiger partial charge on any atom is -0.497 e. The third-order valence-corrected chi connectivity index (χ3v) is 7.27. The monoisotopic (exact) mass is 450 g/mol. The van der Waals surface area contributed by atoms with Crippen molar-refractivity contribution in [1.82, 2.24) is 9.80 Å². The number of carbonyl (C=O) groups is 2. The molecule has 2 atom stereocenters. The average Bonchev–Trinajstić information content (AvgIpc) is 3.38.